The summed E-state index contributed by atoms with van der Waals surface area (Å²) in [4.78, 5) is 33.8. The van der Waals surface area contributed by atoms with Gasteiger partial charge in [-0.15, -0.1) is 0 Å². The molecule has 1 amide bonds. The molecule has 178 valence electrons. The quantitative estimate of drug-likeness (QED) is 0.443. The molecule has 1 aromatic heterocycles. The molecule has 0 saturated carbocycles. The van der Waals surface area contributed by atoms with Gasteiger partial charge >= 0.3 is 0 Å². The summed E-state index contributed by atoms with van der Waals surface area (Å²) in [5, 5.41) is 0. The molecular weight excluding hydrogens is 431 g/mol. The average molecular weight is 463 g/mol. The molecule has 34 heavy (non-hydrogen) atoms. The van der Waals surface area contributed by atoms with Crippen LogP contribution in [0.3, 0.4) is 0 Å². The van der Waals surface area contributed by atoms with Crippen LogP contribution >= 0.6 is 0 Å². The molecule has 0 aliphatic carbocycles. The van der Waals surface area contributed by atoms with Crippen LogP contribution in [0, 0.1) is 11.7 Å². The number of imidazole rings is 1. The summed E-state index contributed by atoms with van der Waals surface area (Å²) in [5.41, 5.74) is 4.13. The molecular formula is C27H31FN4O2. The van der Waals surface area contributed by atoms with Crippen LogP contribution in [0.1, 0.15) is 38.3 Å². The molecule has 2 unspecified atom stereocenters. The maximum atomic E-state index is 13.2. The van der Waals surface area contributed by atoms with Gasteiger partial charge < -0.3 is 14.4 Å². The Morgan fingerprint density at radius 3 is 2.62 bits per heavy atom. The molecule has 0 fully saturated rings. The maximum Gasteiger partial charge on any atom is 0.242 e. The first kappa shape index (κ1) is 23.7. The van der Waals surface area contributed by atoms with Gasteiger partial charge in [0.15, 0.2) is 0 Å². The van der Waals surface area contributed by atoms with Crippen molar-refractivity contribution in [3.8, 4) is 11.3 Å². The number of carbonyl (C=O) groups is 2. The molecule has 0 N–H and O–H groups in total. The van der Waals surface area contributed by atoms with Crippen molar-refractivity contribution in [1.29, 1.82) is 0 Å². The summed E-state index contributed by atoms with van der Waals surface area (Å²) in [6.07, 6.45) is 4.67. The van der Waals surface area contributed by atoms with Gasteiger partial charge in [-0.3, -0.25) is 9.59 Å². The lowest BCUT2D eigenvalue weighted by molar-refractivity contribution is -0.130. The number of nitrogens with zero attached hydrogens (tertiary/aromatic N) is 4. The lowest BCUT2D eigenvalue weighted by Gasteiger charge is -2.26. The Bertz CT molecular complexity index is 1160. The van der Waals surface area contributed by atoms with Crippen molar-refractivity contribution in [3.63, 3.8) is 0 Å². The van der Waals surface area contributed by atoms with Crippen LogP contribution in [0.2, 0.25) is 0 Å². The van der Waals surface area contributed by atoms with Gasteiger partial charge in [0, 0.05) is 43.7 Å². The lowest BCUT2D eigenvalue weighted by atomic mass is 9.93. The zero-order valence-electron chi connectivity index (χ0n) is 19.9. The summed E-state index contributed by atoms with van der Waals surface area (Å²) in [5.74, 6) is -0.283. The molecule has 6 nitrogen and oxygen atoms in total. The number of amides is 1. The summed E-state index contributed by atoms with van der Waals surface area (Å²) in [6, 6.07) is 14.2. The van der Waals surface area contributed by atoms with Gasteiger partial charge in [-0.2, -0.15) is 0 Å². The van der Waals surface area contributed by atoms with Crippen LogP contribution in [0.15, 0.2) is 61.1 Å². The molecule has 4 rings (SSSR count). The summed E-state index contributed by atoms with van der Waals surface area (Å²) in [7, 11) is 1.81. The lowest BCUT2D eigenvalue weighted by Crippen LogP contribution is -2.40. The molecule has 3 aromatic rings. The molecule has 7 heteroatoms. The van der Waals surface area contributed by atoms with Gasteiger partial charge in [0.05, 0.1) is 30.8 Å². The standard InChI is InChI=1S/C27H31FN4O2/c1-4-31(27(34)17-30(3)21-11-9-20(28)10-12-21)14-13-19(2)26(33)15-24-22-7-5-6-8-23(22)25-16-29-18-32(24)25/h5-12,16,18-19,24H,4,13-15,17H2,1-3H3. The monoisotopic (exact) mass is 462 g/mol. The van der Waals surface area contributed by atoms with E-state index >= 15 is 0 Å². The molecule has 0 bridgehead atoms. The van der Waals surface area contributed by atoms with Gasteiger partial charge in [-0.25, -0.2) is 9.37 Å². The smallest absolute Gasteiger partial charge is 0.242 e. The van der Waals surface area contributed by atoms with Crippen molar-refractivity contribution in [2.24, 2.45) is 5.92 Å². The second-order valence-electron chi connectivity index (χ2n) is 8.96. The highest BCUT2D eigenvalue weighted by Crippen LogP contribution is 2.41. The first-order valence-electron chi connectivity index (χ1n) is 11.8. The third-order valence-corrected chi connectivity index (χ3v) is 6.75. The van der Waals surface area contributed by atoms with E-state index in [-0.39, 0.29) is 36.0 Å². The number of carbonyl (C=O) groups excluding carboxylic acids is 2. The number of halogens is 1. The van der Waals surface area contributed by atoms with Crippen LogP contribution in [-0.2, 0) is 9.59 Å². The Balaban J connectivity index is 1.32. The SMILES string of the molecule is CCN(CCC(C)C(=O)CC1c2ccccc2-c2cncn21)C(=O)CN(C)c1ccc(F)cc1. The van der Waals surface area contributed by atoms with Gasteiger partial charge in [-0.1, -0.05) is 31.2 Å². The van der Waals surface area contributed by atoms with Crippen molar-refractivity contribution in [1.82, 2.24) is 14.5 Å². The summed E-state index contributed by atoms with van der Waals surface area (Å²) < 4.78 is 15.3. The van der Waals surface area contributed by atoms with E-state index < -0.39 is 0 Å². The topological polar surface area (TPSA) is 58.4 Å². The number of likely N-dealkylation sites (N-methyl/N-ethyl adjacent to an activating group) is 2. The second kappa shape index (κ2) is 10.2. The first-order valence-corrected chi connectivity index (χ1v) is 11.8. The Morgan fingerprint density at radius 1 is 1.15 bits per heavy atom. The van der Waals surface area contributed by atoms with E-state index in [0.29, 0.717) is 25.9 Å². The highest BCUT2D eigenvalue weighted by Gasteiger charge is 2.31. The molecule has 0 radical (unpaired) electrons. The van der Waals surface area contributed by atoms with Crippen LogP contribution in [0.5, 0.6) is 0 Å². The van der Waals surface area contributed by atoms with E-state index in [0.717, 1.165) is 22.5 Å². The number of hydrogen-bond donors (Lipinski definition) is 0. The van der Waals surface area contributed by atoms with E-state index in [2.05, 4.69) is 21.7 Å². The van der Waals surface area contributed by atoms with E-state index in [1.54, 1.807) is 28.3 Å². The van der Waals surface area contributed by atoms with E-state index in [9.17, 15) is 14.0 Å². The van der Waals surface area contributed by atoms with E-state index in [1.807, 2.05) is 39.2 Å². The number of Topliss-reactive ketones (excluding diaryl/α,β-unsaturated/α-hetero) is 1. The van der Waals surface area contributed by atoms with Gasteiger partial charge in [0.1, 0.15) is 11.6 Å². The zero-order valence-corrected chi connectivity index (χ0v) is 19.9. The predicted octanol–water partition coefficient (Wildman–Crippen LogP) is 4.56. The Kier molecular flexibility index (Phi) is 7.10. The average Bonchev–Trinajstić information content (AvgIpc) is 3.42. The fraction of sp³-hybridized carbons (Fsp3) is 0.370. The molecule has 0 spiro atoms. The van der Waals surface area contributed by atoms with E-state index in [4.69, 9.17) is 0 Å². The molecule has 1 aliphatic rings. The minimum Gasteiger partial charge on any atom is -0.365 e. The normalized spacial score (nSPS) is 14.9. The molecule has 2 heterocycles. The van der Waals surface area contributed by atoms with Gasteiger partial charge in [0.2, 0.25) is 5.91 Å². The van der Waals surface area contributed by atoms with Gasteiger partial charge in [-0.05, 0) is 43.2 Å². The van der Waals surface area contributed by atoms with Crippen LogP contribution in [0.25, 0.3) is 11.3 Å². The Morgan fingerprint density at radius 2 is 1.88 bits per heavy atom. The zero-order chi connectivity index (χ0) is 24.2. The summed E-state index contributed by atoms with van der Waals surface area (Å²) in [6.45, 7) is 5.19. The molecule has 2 atom stereocenters. The first-order chi connectivity index (χ1) is 16.4. The number of ketones is 1. The molecule has 1 aliphatic heterocycles. The predicted molar refractivity (Wildman–Crippen MR) is 131 cm³/mol. The van der Waals surface area contributed by atoms with Crippen molar-refractivity contribution in [3.05, 3.63) is 72.4 Å². The number of hydrogen-bond acceptors (Lipinski definition) is 4. The fourth-order valence-corrected chi connectivity index (χ4v) is 4.59. The number of anilines is 1. The molecule has 0 saturated heterocycles. The van der Waals surface area contributed by atoms with Crippen LogP contribution < -0.4 is 4.90 Å². The second-order valence-corrected chi connectivity index (χ2v) is 8.96. The number of fused-ring (bicyclic) bond motifs is 3. The minimum atomic E-state index is -0.303. The highest BCUT2D eigenvalue weighted by molar-refractivity contribution is 5.83. The van der Waals surface area contributed by atoms with E-state index in [1.165, 1.54) is 12.1 Å². The van der Waals surface area contributed by atoms with Crippen molar-refractivity contribution < 1.29 is 14.0 Å². The third kappa shape index (κ3) is 4.88. The number of benzene rings is 2. The van der Waals surface area contributed by atoms with Crippen LogP contribution in [0.4, 0.5) is 10.1 Å². The Labute approximate surface area is 200 Å². The van der Waals surface area contributed by atoms with Crippen LogP contribution in [-0.4, -0.2) is 52.8 Å². The number of rotatable bonds is 10. The van der Waals surface area contributed by atoms with Crippen molar-refractivity contribution >= 4 is 17.4 Å². The van der Waals surface area contributed by atoms with Gasteiger partial charge in [0.25, 0.3) is 0 Å². The minimum absolute atomic E-state index is 0.0123. The van der Waals surface area contributed by atoms with Crippen molar-refractivity contribution in [2.45, 2.75) is 32.7 Å². The van der Waals surface area contributed by atoms with Crippen molar-refractivity contribution in [2.75, 3.05) is 31.6 Å². The maximum absolute atomic E-state index is 13.2. The number of aromatic nitrogens is 2. The highest BCUT2D eigenvalue weighted by atomic mass is 19.1. The molecule has 2 aromatic carbocycles. The Hall–Kier alpha value is -3.48. The third-order valence-electron chi connectivity index (χ3n) is 6.75. The fourth-order valence-electron chi connectivity index (χ4n) is 4.59. The largest absolute Gasteiger partial charge is 0.365 e. The summed E-state index contributed by atoms with van der Waals surface area (Å²) >= 11 is 0.